The van der Waals surface area contributed by atoms with E-state index >= 15 is 0 Å². The molecule has 0 heterocycles. The molecule has 1 atom stereocenters. The van der Waals surface area contributed by atoms with Gasteiger partial charge in [0.05, 0.1) is 11.6 Å². The fourth-order valence-electron chi connectivity index (χ4n) is 1.76. The van der Waals surface area contributed by atoms with Crippen LogP contribution < -0.4 is 10.5 Å². The Morgan fingerprint density at radius 1 is 1.39 bits per heavy atom. The number of hydrogen-bond donors (Lipinski definition) is 1. The molecule has 0 bridgehead atoms. The predicted octanol–water partition coefficient (Wildman–Crippen LogP) is 4.09. The highest BCUT2D eigenvalue weighted by Gasteiger charge is 2.23. The Balaban J connectivity index is 0.00000162. The van der Waals surface area contributed by atoms with E-state index in [1.165, 1.54) is 12.8 Å². The number of benzene rings is 1. The standard InChI is InChI=1S/C13H17Cl2NO.ClH/c1-8(16)4-10-5-11(14)6-12(15)13(10)17-7-9-2-3-9;/h5-6,8-9H,2-4,7,16H2,1H3;1H. The highest BCUT2D eigenvalue weighted by Crippen LogP contribution is 2.36. The van der Waals surface area contributed by atoms with Gasteiger partial charge < -0.3 is 10.5 Å². The van der Waals surface area contributed by atoms with Crippen LogP contribution in [0.25, 0.3) is 0 Å². The molecule has 2 N–H and O–H groups in total. The molecule has 1 aromatic carbocycles. The molecular weight excluding hydrogens is 293 g/mol. The lowest BCUT2D eigenvalue weighted by molar-refractivity contribution is 0.296. The molecule has 1 aliphatic rings. The number of rotatable bonds is 5. The van der Waals surface area contributed by atoms with E-state index in [0.717, 1.165) is 24.3 Å². The van der Waals surface area contributed by atoms with Crippen LogP contribution in [0.2, 0.25) is 10.0 Å². The topological polar surface area (TPSA) is 35.2 Å². The Hall–Kier alpha value is -0.150. The second-order valence-electron chi connectivity index (χ2n) is 4.81. The minimum Gasteiger partial charge on any atom is -0.491 e. The highest BCUT2D eigenvalue weighted by atomic mass is 35.5. The first-order chi connectivity index (χ1) is 8.06. The zero-order chi connectivity index (χ0) is 12.4. The molecule has 102 valence electrons. The van der Waals surface area contributed by atoms with Crippen molar-refractivity contribution in [3.63, 3.8) is 0 Å². The third-order valence-corrected chi connectivity index (χ3v) is 3.29. The molecule has 5 heteroatoms. The van der Waals surface area contributed by atoms with Crippen LogP contribution in [-0.2, 0) is 6.42 Å². The molecule has 2 rings (SSSR count). The van der Waals surface area contributed by atoms with Crippen molar-refractivity contribution in [1.82, 2.24) is 0 Å². The van der Waals surface area contributed by atoms with Crippen LogP contribution >= 0.6 is 35.6 Å². The van der Waals surface area contributed by atoms with Crippen molar-refractivity contribution < 1.29 is 4.74 Å². The van der Waals surface area contributed by atoms with Gasteiger partial charge in [0.2, 0.25) is 0 Å². The summed E-state index contributed by atoms with van der Waals surface area (Å²) < 4.78 is 5.80. The molecule has 1 unspecified atom stereocenters. The number of ether oxygens (including phenoxy) is 1. The smallest absolute Gasteiger partial charge is 0.141 e. The van der Waals surface area contributed by atoms with Crippen LogP contribution in [0.1, 0.15) is 25.3 Å². The molecule has 1 saturated carbocycles. The lowest BCUT2D eigenvalue weighted by atomic mass is 10.1. The maximum Gasteiger partial charge on any atom is 0.141 e. The summed E-state index contributed by atoms with van der Waals surface area (Å²) in [5, 5.41) is 1.21. The largest absolute Gasteiger partial charge is 0.491 e. The van der Waals surface area contributed by atoms with E-state index in [4.69, 9.17) is 33.7 Å². The summed E-state index contributed by atoms with van der Waals surface area (Å²) in [4.78, 5) is 0. The molecule has 0 aromatic heterocycles. The van der Waals surface area contributed by atoms with E-state index in [1.54, 1.807) is 6.07 Å². The van der Waals surface area contributed by atoms with Crippen molar-refractivity contribution in [2.75, 3.05) is 6.61 Å². The van der Waals surface area contributed by atoms with E-state index in [1.807, 2.05) is 13.0 Å². The van der Waals surface area contributed by atoms with Crippen molar-refractivity contribution in [2.45, 2.75) is 32.2 Å². The third kappa shape index (κ3) is 4.51. The molecule has 0 radical (unpaired) electrons. The Bertz CT molecular complexity index is 405. The average molecular weight is 311 g/mol. The first kappa shape index (κ1) is 15.9. The van der Waals surface area contributed by atoms with Crippen molar-refractivity contribution in [1.29, 1.82) is 0 Å². The summed E-state index contributed by atoms with van der Waals surface area (Å²) in [5.74, 6) is 1.45. The van der Waals surface area contributed by atoms with Gasteiger partial charge in [0.1, 0.15) is 5.75 Å². The van der Waals surface area contributed by atoms with Gasteiger partial charge >= 0.3 is 0 Å². The van der Waals surface area contributed by atoms with Crippen LogP contribution in [0.3, 0.4) is 0 Å². The summed E-state index contributed by atoms with van der Waals surface area (Å²) in [6.45, 7) is 2.70. The minimum atomic E-state index is 0. The van der Waals surface area contributed by atoms with Crippen molar-refractivity contribution in [3.8, 4) is 5.75 Å². The van der Waals surface area contributed by atoms with E-state index in [-0.39, 0.29) is 18.4 Å². The number of halogens is 3. The molecule has 1 aromatic rings. The zero-order valence-electron chi connectivity index (χ0n) is 10.3. The summed E-state index contributed by atoms with van der Waals surface area (Å²) in [5.41, 5.74) is 6.82. The summed E-state index contributed by atoms with van der Waals surface area (Å²) in [6.07, 6.45) is 3.24. The maximum atomic E-state index is 6.17. The molecular formula is C13H18Cl3NO. The van der Waals surface area contributed by atoms with Gasteiger partial charge in [-0.05, 0) is 49.8 Å². The molecule has 18 heavy (non-hydrogen) atoms. The number of hydrogen-bond acceptors (Lipinski definition) is 2. The molecule has 0 spiro atoms. The van der Waals surface area contributed by atoms with Crippen LogP contribution in [0.15, 0.2) is 12.1 Å². The minimum absolute atomic E-state index is 0. The van der Waals surface area contributed by atoms with E-state index in [2.05, 4.69) is 0 Å². The third-order valence-electron chi connectivity index (χ3n) is 2.79. The molecule has 0 saturated heterocycles. The average Bonchev–Trinajstić information content (AvgIpc) is 2.98. The maximum absolute atomic E-state index is 6.17. The first-order valence-electron chi connectivity index (χ1n) is 5.92. The normalized spacial score (nSPS) is 16.0. The van der Waals surface area contributed by atoms with Crippen LogP contribution in [0, 0.1) is 5.92 Å². The van der Waals surface area contributed by atoms with Crippen molar-refractivity contribution in [2.24, 2.45) is 11.7 Å². The van der Waals surface area contributed by atoms with Gasteiger partial charge in [0.15, 0.2) is 0 Å². The van der Waals surface area contributed by atoms with Gasteiger partial charge in [-0.3, -0.25) is 0 Å². The highest BCUT2D eigenvalue weighted by molar-refractivity contribution is 6.35. The molecule has 1 fully saturated rings. The van der Waals surface area contributed by atoms with E-state index in [0.29, 0.717) is 16.0 Å². The quantitative estimate of drug-likeness (QED) is 0.889. The number of nitrogens with two attached hydrogens (primary N) is 1. The van der Waals surface area contributed by atoms with Gasteiger partial charge in [0.25, 0.3) is 0 Å². The first-order valence-corrected chi connectivity index (χ1v) is 6.68. The monoisotopic (exact) mass is 309 g/mol. The molecule has 1 aliphatic carbocycles. The van der Waals surface area contributed by atoms with Crippen molar-refractivity contribution in [3.05, 3.63) is 27.7 Å². The van der Waals surface area contributed by atoms with Crippen LogP contribution in [-0.4, -0.2) is 12.6 Å². The predicted molar refractivity (Wildman–Crippen MR) is 79.3 cm³/mol. The Morgan fingerprint density at radius 3 is 2.61 bits per heavy atom. The lowest BCUT2D eigenvalue weighted by Crippen LogP contribution is -2.18. The van der Waals surface area contributed by atoms with Gasteiger partial charge in [-0.1, -0.05) is 23.2 Å². The SMILES string of the molecule is CC(N)Cc1cc(Cl)cc(Cl)c1OCC1CC1.Cl. The van der Waals surface area contributed by atoms with Crippen LogP contribution in [0.5, 0.6) is 5.75 Å². The molecule has 2 nitrogen and oxygen atoms in total. The Morgan fingerprint density at radius 2 is 2.06 bits per heavy atom. The van der Waals surface area contributed by atoms with Crippen LogP contribution in [0.4, 0.5) is 0 Å². The Labute approximate surface area is 124 Å². The molecule has 0 amide bonds. The summed E-state index contributed by atoms with van der Waals surface area (Å²) in [6, 6.07) is 3.67. The lowest BCUT2D eigenvalue weighted by Gasteiger charge is -2.15. The fourth-order valence-corrected chi connectivity index (χ4v) is 2.35. The Kier molecular flexibility index (Phi) is 6.06. The second kappa shape index (κ2) is 6.85. The fraction of sp³-hybridized carbons (Fsp3) is 0.538. The molecule has 0 aliphatic heterocycles. The van der Waals surface area contributed by atoms with Gasteiger partial charge in [0, 0.05) is 11.1 Å². The van der Waals surface area contributed by atoms with Gasteiger partial charge in [-0.2, -0.15) is 0 Å². The van der Waals surface area contributed by atoms with Gasteiger partial charge in [-0.15, -0.1) is 12.4 Å². The van der Waals surface area contributed by atoms with E-state index < -0.39 is 0 Å². The van der Waals surface area contributed by atoms with E-state index in [9.17, 15) is 0 Å². The zero-order valence-corrected chi connectivity index (χ0v) is 12.6. The second-order valence-corrected chi connectivity index (χ2v) is 5.66. The van der Waals surface area contributed by atoms with Gasteiger partial charge in [-0.25, -0.2) is 0 Å². The summed E-state index contributed by atoms with van der Waals surface area (Å²) >= 11 is 12.2. The summed E-state index contributed by atoms with van der Waals surface area (Å²) in [7, 11) is 0. The van der Waals surface area contributed by atoms with Crippen molar-refractivity contribution >= 4 is 35.6 Å².